The zero-order valence-electron chi connectivity index (χ0n) is 14.7. The largest absolute Gasteiger partial charge is 0.463 e. The Kier molecular flexibility index (Phi) is 7.81. The molecule has 12 heteroatoms. The van der Waals surface area contributed by atoms with Crippen molar-refractivity contribution in [2.45, 2.75) is 58.3 Å². The van der Waals surface area contributed by atoms with Crippen LogP contribution < -0.4 is 5.32 Å². The molecule has 0 spiro atoms. The lowest BCUT2D eigenvalue weighted by Crippen LogP contribution is -2.65. The van der Waals surface area contributed by atoms with Crippen molar-refractivity contribution in [2.24, 2.45) is 5.11 Å². The van der Waals surface area contributed by atoms with E-state index in [-0.39, 0.29) is 6.61 Å². The Labute approximate surface area is 148 Å². The molecule has 0 aromatic rings. The molecule has 1 aliphatic rings. The van der Waals surface area contributed by atoms with Crippen molar-refractivity contribution in [3.63, 3.8) is 0 Å². The van der Waals surface area contributed by atoms with E-state index in [9.17, 15) is 19.2 Å². The van der Waals surface area contributed by atoms with Crippen LogP contribution in [0.2, 0.25) is 0 Å². The number of nitrogens with zero attached hydrogens (tertiary/aromatic N) is 3. The quantitative estimate of drug-likeness (QED) is 0.223. The summed E-state index contributed by atoms with van der Waals surface area (Å²) in [6.07, 6.45) is -4.82. The van der Waals surface area contributed by atoms with Gasteiger partial charge in [-0.15, -0.1) is 0 Å². The average Bonchev–Trinajstić information content (AvgIpc) is 2.50. The highest BCUT2D eigenvalue weighted by Crippen LogP contribution is 2.28. The van der Waals surface area contributed by atoms with E-state index >= 15 is 0 Å². The second-order valence-electron chi connectivity index (χ2n) is 5.45. The molecular formula is C14H20N4O8. The fourth-order valence-electron chi connectivity index (χ4n) is 2.46. The highest BCUT2D eigenvalue weighted by atomic mass is 16.6. The normalized spacial score (nSPS) is 27.5. The van der Waals surface area contributed by atoms with Crippen LogP contribution in [0.5, 0.6) is 0 Å². The first-order valence-electron chi connectivity index (χ1n) is 7.60. The van der Waals surface area contributed by atoms with Gasteiger partial charge in [-0.25, -0.2) is 0 Å². The summed E-state index contributed by atoms with van der Waals surface area (Å²) in [6.45, 7) is 4.26. The molecule has 1 heterocycles. The van der Waals surface area contributed by atoms with Gasteiger partial charge in [0.25, 0.3) is 0 Å². The van der Waals surface area contributed by atoms with Crippen molar-refractivity contribution in [2.75, 3.05) is 6.61 Å². The zero-order valence-corrected chi connectivity index (χ0v) is 14.7. The molecule has 26 heavy (non-hydrogen) atoms. The maximum atomic E-state index is 11.5. The molecular weight excluding hydrogens is 352 g/mol. The molecule has 1 saturated heterocycles. The van der Waals surface area contributed by atoms with Crippen LogP contribution in [0.25, 0.3) is 10.4 Å². The number of hydrogen-bond donors (Lipinski definition) is 1. The first kappa shape index (κ1) is 21.2. The van der Waals surface area contributed by atoms with Crippen molar-refractivity contribution in [1.82, 2.24) is 5.32 Å². The molecule has 0 bridgehead atoms. The highest BCUT2D eigenvalue weighted by molar-refractivity contribution is 5.73. The minimum absolute atomic E-state index is 0.352. The molecule has 0 aromatic carbocycles. The lowest BCUT2D eigenvalue weighted by atomic mass is 9.95. The van der Waals surface area contributed by atoms with Crippen LogP contribution in [-0.4, -0.2) is 61.0 Å². The monoisotopic (exact) mass is 372 g/mol. The van der Waals surface area contributed by atoms with Gasteiger partial charge in [-0.3, -0.25) is 19.2 Å². The van der Waals surface area contributed by atoms with Gasteiger partial charge in [-0.2, -0.15) is 0 Å². The minimum Gasteiger partial charge on any atom is -0.463 e. The number of hydrogen-bond acceptors (Lipinski definition) is 9. The predicted molar refractivity (Wildman–Crippen MR) is 83.2 cm³/mol. The lowest BCUT2D eigenvalue weighted by Gasteiger charge is -2.43. The van der Waals surface area contributed by atoms with Gasteiger partial charge in [0.2, 0.25) is 5.91 Å². The third-order valence-electron chi connectivity index (χ3n) is 3.26. The van der Waals surface area contributed by atoms with Gasteiger partial charge in [-0.05, 0) is 5.53 Å². The number of ether oxygens (including phenoxy) is 4. The number of azide groups is 1. The molecule has 0 aliphatic carbocycles. The van der Waals surface area contributed by atoms with Crippen molar-refractivity contribution in [3.8, 4) is 0 Å². The second kappa shape index (κ2) is 9.59. The maximum absolute atomic E-state index is 11.5. The van der Waals surface area contributed by atoms with Crippen LogP contribution in [0.4, 0.5) is 0 Å². The highest BCUT2D eigenvalue weighted by Gasteiger charge is 2.50. The van der Waals surface area contributed by atoms with Crippen LogP contribution in [0.3, 0.4) is 0 Å². The molecule has 12 nitrogen and oxygen atoms in total. The summed E-state index contributed by atoms with van der Waals surface area (Å²) in [5.74, 6) is -2.58. The van der Waals surface area contributed by atoms with Gasteiger partial charge in [0, 0.05) is 32.6 Å². The standard InChI is InChI=1S/C14H20N4O8/c1-6(19)16-11-13(25-9(4)22)12(24-8(3)21)10(5-23-7(2)20)26-14(11)17-18-15/h10-14H,5H2,1-4H3,(H,16,19)/t10-,11+,12-,13+,14-/m1/s1. The Morgan fingerprint density at radius 3 is 2.08 bits per heavy atom. The van der Waals surface area contributed by atoms with E-state index in [1.54, 1.807) is 0 Å². The van der Waals surface area contributed by atoms with Gasteiger partial charge in [0.1, 0.15) is 18.8 Å². The number of esters is 3. The molecule has 0 saturated carbocycles. The molecule has 1 amide bonds. The molecule has 5 atom stereocenters. The van der Waals surface area contributed by atoms with Crippen molar-refractivity contribution >= 4 is 23.8 Å². The summed E-state index contributed by atoms with van der Waals surface area (Å²) in [5.41, 5.74) is 8.74. The minimum atomic E-state index is -1.29. The van der Waals surface area contributed by atoms with Gasteiger partial charge in [0.05, 0.1) is 0 Å². The lowest BCUT2D eigenvalue weighted by molar-refractivity contribution is -0.222. The summed E-state index contributed by atoms with van der Waals surface area (Å²) in [4.78, 5) is 48.2. The average molecular weight is 372 g/mol. The third kappa shape index (κ3) is 6.22. The van der Waals surface area contributed by atoms with Gasteiger partial charge in [0.15, 0.2) is 18.4 Å². The number of rotatable bonds is 6. The van der Waals surface area contributed by atoms with E-state index < -0.39 is 54.4 Å². The van der Waals surface area contributed by atoms with E-state index in [1.165, 1.54) is 6.92 Å². The van der Waals surface area contributed by atoms with Crippen LogP contribution in [0, 0.1) is 0 Å². The summed E-state index contributed by atoms with van der Waals surface area (Å²) < 4.78 is 20.8. The van der Waals surface area contributed by atoms with Crippen LogP contribution in [-0.2, 0) is 38.1 Å². The van der Waals surface area contributed by atoms with E-state index in [0.29, 0.717) is 0 Å². The van der Waals surface area contributed by atoms with E-state index in [1.807, 2.05) is 0 Å². The van der Waals surface area contributed by atoms with Crippen molar-refractivity contribution in [3.05, 3.63) is 10.4 Å². The van der Waals surface area contributed by atoms with Crippen LogP contribution in [0.1, 0.15) is 27.7 Å². The Bertz CT molecular complexity index is 618. The summed E-state index contributed by atoms with van der Waals surface area (Å²) in [6, 6.07) is -1.12. The number of carbonyl (C=O) groups excluding carboxylic acids is 4. The Morgan fingerprint density at radius 2 is 1.62 bits per heavy atom. The summed E-state index contributed by atoms with van der Waals surface area (Å²) in [7, 11) is 0. The van der Waals surface area contributed by atoms with Crippen LogP contribution >= 0.6 is 0 Å². The Hall–Kier alpha value is -2.85. The molecule has 0 radical (unpaired) electrons. The fraction of sp³-hybridized carbons (Fsp3) is 0.714. The van der Waals surface area contributed by atoms with Crippen molar-refractivity contribution < 1.29 is 38.1 Å². The summed E-state index contributed by atoms with van der Waals surface area (Å²) >= 11 is 0. The Balaban J connectivity index is 3.28. The Morgan fingerprint density at radius 1 is 1.04 bits per heavy atom. The van der Waals surface area contributed by atoms with Gasteiger partial charge < -0.3 is 24.3 Å². The number of nitrogens with one attached hydrogen (secondary N) is 1. The first-order valence-corrected chi connectivity index (χ1v) is 7.60. The topological polar surface area (TPSA) is 166 Å². The zero-order chi connectivity index (χ0) is 19.9. The molecule has 1 fully saturated rings. The SMILES string of the molecule is CC(=O)N[C@H]1[C@H](OC(C)=O)[C@H](OC(C)=O)[C@@H](COC(C)=O)O[C@H]1N=[N+]=[N-]. The van der Waals surface area contributed by atoms with Crippen molar-refractivity contribution in [1.29, 1.82) is 0 Å². The molecule has 0 unspecified atom stereocenters. The molecule has 1 aliphatic heterocycles. The van der Waals surface area contributed by atoms with E-state index in [4.69, 9.17) is 24.5 Å². The van der Waals surface area contributed by atoms with Gasteiger partial charge >= 0.3 is 17.9 Å². The first-order chi connectivity index (χ1) is 12.1. The van der Waals surface area contributed by atoms with Gasteiger partial charge in [-0.1, -0.05) is 5.11 Å². The smallest absolute Gasteiger partial charge is 0.303 e. The predicted octanol–water partition coefficient (Wildman–Crippen LogP) is -0.0472. The molecule has 1 rings (SSSR count). The molecule has 144 valence electrons. The molecule has 1 N–H and O–H groups in total. The molecule has 0 aromatic heterocycles. The van der Waals surface area contributed by atoms with Crippen LogP contribution in [0.15, 0.2) is 5.11 Å². The van der Waals surface area contributed by atoms with E-state index in [2.05, 4.69) is 15.3 Å². The maximum Gasteiger partial charge on any atom is 0.303 e. The van der Waals surface area contributed by atoms with E-state index in [0.717, 1.165) is 20.8 Å². The second-order valence-corrected chi connectivity index (χ2v) is 5.45. The third-order valence-corrected chi connectivity index (χ3v) is 3.26. The number of amides is 1. The fourth-order valence-corrected chi connectivity index (χ4v) is 2.46. The summed E-state index contributed by atoms with van der Waals surface area (Å²) in [5, 5.41) is 5.89. The number of carbonyl (C=O) groups is 4.